The Kier molecular flexibility index (Phi) is 5.59. The number of carbonyl (C=O) groups excluding carboxylic acids is 1. The first-order valence-electron chi connectivity index (χ1n) is 7.39. The summed E-state index contributed by atoms with van der Waals surface area (Å²) in [6.07, 6.45) is 6.51. The Morgan fingerprint density at radius 1 is 1.25 bits per heavy atom. The fourth-order valence-electron chi connectivity index (χ4n) is 2.25. The van der Waals surface area contributed by atoms with E-state index in [1.54, 1.807) is 6.07 Å². The summed E-state index contributed by atoms with van der Waals surface area (Å²) in [4.78, 5) is 12.2. The van der Waals surface area contributed by atoms with Crippen molar-refractivity contribution in [2.24, 2.45) is 5.10 Å². The lowest BCUT2D eigenvalue weighted by atomic mass is 9.99. The molecule has 0 spiro atoms. The Morgan fingerprint density at radius 3 is 2.75 bits per heavy atom. The van der Waals surface area contributed by atoms with Gasteiger partial charge in [0.2, 0.25) is 0 Å². The van der Waals surface area contributed by atoms with E-state index in [4.69, 9.17) is 4.74 Å². The maximum atomic E-state index is 12.2. The maximum absolute atomic E-state index is 12.2. The molecule has 0 aliphatic heterocycles. The number of nitrogens with one attached hydrogen (secondary N) is 1. The Balaban J connectivity index is 2.01. The molecule has 0 saturated heterocycles. The second-order valence-electron chi connectivity index (χ2n) is 5.02. The molecule has 1 N–H and O–H groups in total. The number of ether oxygens (including phenoxy) is 1. The number of nitrogens with zero attached hydrogens (tertiary/aromatic N) is 1. The Hall–Kier alpha value is -1.84. The van der Waals surface area contributed by atoms with Crippen LogP contribution in [0.5, 0.6) is 5.75 Å². The van der Waals surface area contributed by atoms with Crippen LogP contribution < -0.4 is 10.2 Å². The van der Waals surface area contributed by atoms with Crippen molar-refractivity contribution in [1.82, 2.24) is 5.43 Å². The Morgan fingerprint density at radius 2 is 2.00 bits per heavy atom. The number of para-hydroxylation sites is 1. The molecule has 1 aliphatic carbocycles. The molecule has 20 heavy (non-hydrogen) atoms. The van der Waals surface area contributed by atoms with E-state index < -0.39 is 0 Å². The standard InChI is InChI=1S/C16H22N2O2/c1-2-12-20-15-11-7-6-10-14(15)16(19)18-17-13-8-4-3-5-9-13/h6-7,10-11H,2-5,8-9,12H2,1H3,(H,18,19). The van der Waals surface area contributed by atoms with Gasteiger partial charge in [0.05, 0.1) is 12.2 Å². The van der Waals surface area contributed by atoms with Crippen LogP contribution in [0, 0.1) is 0 Å². The second kappa shape index (κ2) is 7.68. The first-order chi connectivity index (χ1) is 9.81. The molecule has 1 aliphatic rings. The van der Waals surface area contributed by atoms with Gasteiger partial charge in [-0.2, -0.15) is 5.10 Å². The third kappa shape index (κ3) is 4.08. The predicted molar refractivity (Wildman–Crippen MR) is 80.2 cm³/mol. The van der Waals surface area contributed by atoms with Gasteiger partial charge in [0.15, 0.2) is 0 Å². The third-order valence-corrected chi connectivity index (χ3v) is 3.34. The number of carbonyl (C=O) groups is 1. The van der Waals surface area contributed by atoms with E-state index in [1.807, 2.05) is 25.1 Å². The molecule has 1 aromatic carbocycles. The van der Waals surface area contributed by atoms with Crippen molar-refractivity contribution in [2.45, 2.75) is 45.4 Å². The summed E-state index contributed by atoms with van der Waals surface area (Å²) < 4.78 is 5.59. The van der Waals surface area contributed by atoms with Gasteiger partial charge < -0.3 is 4.74 Å². The normalized spacial score (nSPS) is 14.8. The summed E-state index contributed by atoms with van der Waals surface area (Å²) in [5.74, 6) is 0.422. The smallest absolute Gasteiger partial charge is 0.275 e. The van der Waals surface area contributed by atoms with Gasteiger partial charge in [0, 0.05) is 5.71 Å². The fraction of sp³-hybridized carbons (Fsp3) is 0.500. The van der Waals surface area contributed by atoms with Gasteiger partial charge in [-0.1, -0.05) is 25.5 Å². The van der Waals surface area contributed by atoms with E-state index in [0.29, 0.717) is 17.9 Å². The van der Waals surface area contributed by atoms with Crippen molar-refractivity contribution >= 4 is 11.6 Å². The molecule has 0 aromatic heterocycles. The molecular formula is C16H22N2O2. The van der Waals surface area contributed by atoms with Gasteiger partial charge in [-0.25, -0.2) is 5.43 Å². The molecule has 4 heteroatoms. The summed E-state index contributed by atoms with van der Waals surface area (Å²) in [5, 5.41) is 4.24. The van der Waals surface area contributed by atoms with Crippen molar-refractivity contribution < 1.29 is 9.53 Å². The molecule has 0 heterocycles. The highest BCUT2D eigenvalue weighted by Crippen LogP contribution is 2.18. The zero-order valence-electron chi connectivity index (χ0n) is 12.0. The molecule has 0 bridgehead atoms. The lowest BCUT2D eigenvalue weighted by Crippen LogP contribution is -2.21. The number of rotatable bonds is 5. The van der Waals surface area contributed by atoms with E-state index >= 15 is 0 Å². The van der Waals surface area contributed by atoms with Crippen LogP contribution in [0.15, 0.2) is 29.4 Å². The van der Waals surface area contributed by atoms with Crippen molar-refractivity contribution in [2.75, 3.05) is 6.61 Å². The highest BCUT2D eigenvalue weighted by Gasteiger charge is 2.12. The third-order valence-electron chi connectivity index (χ3n) is 3.34. The van der Waals surface area contributed by atoms with Crippen LogP contribution in [0.3, 0.4) is 0 Å². The summed E-state index contributed by atoms with van der Waals surface area (Å²) in [6.45, 7) is 2.65. The molecular weight excluding hydrogens is 252 g/mol. The zero-order chi connectivity index (χ0) is 14.2. The first-order valence-corrected chi connectivity index (χ1v) is 7.39. The molecule has 4 nitrogen and oxygen atoms in total. The quantitative estimate of drug-likeness (QED) is 0.835. The zero-order valence-corrected chi connectivity index (χ0v) is 12.0. The van der Waals surface area contributed by atoms with E-state index in [1.165, 1.54) is 19.3 Å². The van der Waals surface area contributed by atoms with Crippen molar-refractivity contribution in [3.63, 3.8) is 0 Å². The maximum Gasteiger partial charge on any atom is 0.275 e. The lowest BCUT2D eigenvalue weighted by Gasteiger charge is -2.13. The molecule has 1 amide bonds. The van der Waals surface area contributed by atoms with Crippen molar-refractivity contribution in [3.05, 3.63) is 29.8 Å². The van der Waals surface area contributed by atoms with Crippen LogP contribution in [0.25, 0.3) is 0 Å². The summed E-state index contributed by atoms with van der Waals surface area (Å²) in [5.41, 5.74) is 4.29. The van der Waals surface area contributed by atoms with Crippen molar-refractivity contribution in [1.29, 1.82) is 0 Å². The molecule has 1 saturated carbocycles. The summed E-state index contributed by atoms with van der Waals surface area (Å²) in [7, 11) is 0. The molecule has 0 unspecified atom stereocenters. The number of hydrogen-bond acceptors (Lipinski definition) is 3. The van der Waals surface area contributed by atoms with Crippen LogP contribution in [-0.4, -0.2) is 18.2 Å². The lowest BCUT2D eigenvalue weighted by molar-refractivity contribution is 0.0950. The van der Waals surface area contributed by atoms with Gasteiger partial charge in [0.25, 0.3) is 5.91 Å². The van der Waals surface area contributed by atoms with E-state index in [9.17, 15) is 4.79 Å². The van der Waals surface area contributed by atoms with Crippen molar-refractivity contribution in [3.8, 4) is 5.75 Å². The monoisotopic (exact) mass is 274 g/mol. The number of hydrazone groups is 1. The summed E-state index contributed by atoms with van der Waals surface area (Å²) >= 11 is 0. The highest BCUT2D eigenvalue weighted by atomic mass is 16.5. The minimum absolute atomic E-state index is 0.199. The highest BCUT2D eigenvalue weighted by molar-refractivity contribution is 5.97. The van der Waals surface area contributed by atoms with Crippen LogP contribution in [0.2, 0.25) is 0 Å². The van der Waals surface area contributed by atoms with E-state index in [0.717, 1.165) is 25.0 Å². The number of amides is 1. The molecule has 1 fully saturated rings. The average Bonchev–Trinajstić information content (AvgIpc) is 2.52. The van der Waals surface area contributed by atoms with Gasteiger partial charge in [-0.05, 0) is 44.2 Å². The molecule has 1 aromatic rings. The van der Waals surface area contributed by atoms with Crippen LogP contribution in [0.4, 0.5) is 0 Å². The second-order valence-corrected chi connectivity index (χ2v) is 5.02. The van der Waals surface area contributed by atoms with Crippen LogP contribution >= 0.6 is 0 Å². The fourth-order valence-corrected chi connectivity index (χ4v) is 2.25. The molecule has 2 rings (SSSR count). The predicted octanol–water partition coefficient (Wildman–Crippen LogP) is 3.53. The van der Waals surface area contributed by atoms with E-state index in [-0.39, 0.29) is 5.91 Å². The van der Waals surface area contributed by atoms with Gasteiger partial charge in [-0.15, -0.1) is 0 Å². The minimum atomic E-state index is -0.199. The van der Waals surface area contributed by atoms with Gasteiger partial charge in [-0.3, -0.25) is 4.79 Å². The average molecular weight is 274 g/mol. The van der Waals surface area contributed by atoms with E-state index in [2.05, 4.69) is 10.5 Å². The largest absolute Gasteiger partial charge is 0.493 e. The SMILES string of the molecule is CCCOc1ccccc1C(=O)NN=C1CCCCC1. The summed E-state index contributed by atoms with van der Waals surface area (Å²) in [6, 6.07) is 7.29. The molecule has 0 radical (unpaired) electrons. The molecule has 0 atom stereocenters. The first kappa shape index (κ1) is 14.6. The minimum Gasteiger partial charge on any atom is -0.493 e. The molecule has 108 valence electrons. The Labute approximate surface area is 120 Å². The number of benzene rings is 1. The number of hydrogen-bond donors (Lipinski definition) is 1. The topological polar surface area (TPSA) is 50.7 Å². The van der Waals surface area contributed by atoms with Gasteiger partial charge in [0.1, 0.15) is 5.75 Å². The van der Waals surface area contributed by atoms with Crippen LogP contribution in [0.1, 0.15) is 55.8 Å². The van der Waals surface area contributed by atoms with Crippen LogP contribution in [-0.2, 0) is 0 Å². The van der Waals surface area contributed by atoms with Gasteiger partial charge >= 0.3 is 0 Å². The Bertz CT molecular complexity index is 475.